The van der Waals surface area contributed by atoms with Gasteiger partial charge in [-0.05, 0) is 49.9 Å². The third-order valence-corrected chi connectivity index (χ3v) is 5.12. The van der Waals surface area contributed by atoms with E-state index in [0.717, 1.165) is 47.0 Å². The van der Waals surface area contributed by atoms with Crippen LogP contribution in [-0.2, 0) is 17.6 Å². The predicted molar refractivity (Wildman–Crippen MR) is 105 cm³/mol. The Kier molecular flexibility index (Phi) is 4.27. The van der Waals surface area contributed by atoms with E-state index >= 15 is 0 Å². The smallest absolute Gasteiger partial charge is 0.339 e. The quantitative estimate of drug-likeness (QED) is 0.488. The van der Waals surface area contributed by atoms with Gasteiger partial charge in [-0.1, -0.05) is 23.4 Å². The molecule has 0 fully saturated rings. The molecule has 0 saturated heterocycles. The van der Waals surface area contributed by atoms with Gasteiger partial charge in [0.25, 0.3) is 5.89 Å². The molecule has 144 valence electrons. The monoisotopic (exact) mass is 386 g/mol. The zero-order chi connectivity index (χ0) is 19.8. The predicted octanol–water partition coefficient (Wildman–Crippen LogP) is 4.09. The third kappa shape index (κ3) is 3.14. The Hall–Kier alpha value is -3.61. The summed E-state index contributed by atoms with van der Waals surface area (Å²) in [7, 11) is 0. The van der Waals surface area contributed by atoms with Crippen LogP contribution >= 0.6 is 0 Å². The maximum absolute atomic E-state index is 13.1. The van der Waals surface area contributed by atoms with Crippen molar-refractivity contribution in [3.63, 3.8) is 0 Å². The number of pyridine rings is 2. The maximum Gasteiger partial charge on any atom is 0.339 e. The highest BCUT2D eigenvalue weighted by atomic mass is 16.6. The average Bonchev–Trinajstić information content (AvgIpc) is 3.42. The van der Waals surface area contributed by atoms with Crippen LogP contribution in [0.3, 0.4) is 0 Å². The fourth-order valence-corrected chi connectivity index (χ4v) is 3.73. The number of fused-ring (bicyclic) bond motifs is 2. The number of para-hydroxylation sites is 1. The van der Waals surface area contributed by atoms with Gasteiger partial charge in [0.2, 0.25) is 5.82 Å². The number of carbonyl (C=O) groups excluding carboxylic acids is 1. The second-order valence-electron chi connectivity index (χ2n) is 7.03. The lowest BCUT2D eigenvalue weighted by atomic mass is 10.0. The molecule has 3 heterocycles. The minimum atomic E-state index is -0.676. The van der Waals surface area contributed by atoms with Crippen LogP contribution in [0.5, 0.6) is 0 Å². The van der Waals surface area contributed by atoms with Gasteiger partial charge in [0.05, 0.1) is 11.1 Å². The number of rotatable bonds is 4. The molecular weight excluding hydrogens is 368 g/mol. The van der Waals surface area contributed by atoms with Gasteiger partial charge in [0, 0.05) is 29.0 Å². The van der Waals surface area contributed by atoms with Crippen molar-refractivity contribution in [2.45, 2.75) is 32.3 Å². The normalized spacial score (nSPS) is 14.0. The SMILES string of the molecule is CC(OC(=O)c1c2c(nc3ccccc13)CCC2)c1nc(-c2cccnc2)no1. The molecule has 0 amide bonds. The topological polar surface area (TPSA) is 91.0 Å². The number of benzene rings is 1. The standard InChI is InChI=1S/C22H18N4O3/c1-13(21-25-20(26-29-21)14-6-5-11-23-12-14)28-22(27)19-15-7-2-3-9-17(15)24-18-10-4-8-16(18)19/h2-3,5-7,9,11-13H,4,8,10H2,1H3. The fourth-order valence-electron chi connectivity index (χ4n) is 3.73. The van der Waals surface area contributed by atoms with Gasteiger partial charge in [-0.2, -0.15) is 4.98 Å². The highest BCUT2D eigenvalue weighted by Crippen LogP contribution is 2.31. The number of aryl methyl sites for hydroxylation is 1. The molecule has 29 heavy (non-hydrogen) atoms. The van der Waals surface area contributed by atoms with Crippen LogP contribution < -0.4 is 0 Å². The summed E-state index contributed by atoms with van der Waals surface area (Å²) >= 11 is 0. The Morgan fingerprint density at radius 3 is 2.90 bits per heavy atom. The van der Waals surface area contributed by atoms with Gasteiger partial charge in [-0.25, -0.2) is 4.79 Å². The third-order valence-electron chi connectivity index (χ3n) is 5.12. The number of esters is 1. The van der Waals surface area contributed by atoms with Crippen LogP contribution in [0.25, 0.3) is 22.3 Å². The van der Waals surface area contributed by atoms with Crippen molar-refractivity contribution in [2.75, 3.05) is 0 Å². The lowest BCUT2D eigenvalue weighted by Crippen LogP contribution is -2.13. The molecule has 0 bridgehead atoms. The molecule has 0 radical (unpaired) electrons. The molecule has 1 atom stereocenters. The van der Waals surface area contributed by atoms with Crippen LogP contribution in [0.15, 0.2) is 53.3 Å². The van der Waals surface area contributed by atoms with E-state index in [2.05, 4.69) is 15.1 Å². The summed E-state index contributed by atoms with van der Waals surface area (Å²) in [6, 6.07) is 11.3. The van der Waals surface area contributed by atoms with Crippen LogP contribution in [0.4, 0.5) is 0 Å². The molecule has 7 nitrogen and oxygen atoms in total. The van der Waals surface area contributed by atoms with E-state index in [-0.39, 0.29) is 5.89 Å². The molecular formula is C22H18N4O3. The molecule has 7 heteroatoms. The van der Waals surface area contributed by atoms with Crippen molar-refractivity contribution < 1.29 is 14.1 Å². The van der Waals surface area contributed by atoms with E-state index in [4.69, 9.17) is 14.2 Å². The van der Waals surface area contributed by atoms with Gasteiger partial charge < -0.3 is 9.26 Å². The molecule has 1 aliphatic rings. The molecule has 0 saturated carbocycles. The lowest BCUT2D eigenvalue weighted by Gasteiger charge is -2.14. The number of aromatic nitrogens is 4. The average molecular weight is 386 g/mol. The van der Waals surface area contributed by atoms with Crippen molar-refractivity contribution in [3.8, 4) is 11.4 Å². The molecule has 5 rings (SSSR count). The van der Waals surface area contributed by atoms with E-state index in [1.165, 1.54) is 0 Å². The lowest BCUT2D eigenvalue weighted by molar-refractivity contribution is 0.0266. The molecule has 0 N–H and O–H groups in total. The maximum atomic E-state index is 13.1. The van der Waals surface area contributed by atoms with E-state index in [1.54, 1.807) is 25.4 Å². The van der Waals surface area contributed by atoms with Crippen molar-refractivity contribution in [3.05, 3.63) is 71.5 Å². The van der Waals surface area contributed by atoms with Gasteiger partial charge in [-0.15, -0.1) is 0 Å². The van der Waals surface area contributed by atoms with E-state index < -0.39 is 12.1 Å². The van der Waals surface area contributed by atoms with Crippen LogP contribution in [0.2, 0.25) is 0 Å². The van der Waals surface area contributed by atoms with Crippen molar-refractivity contribution >= 4 is 16.9 Å². The zero-order valence-electron chi connectivity index (χ0n) is 15.8. The van der Waals surface area contributed by atoms with Gasteiger partial charge in [0.1, 0.15) is 0 Å². The van der Waals surface area contributed by atoms with Gasteiger partial charge >= 0.3 is 5.97 Å². The highest BCUT2D eigenvalue weighted by molar-refractivity contribution is 6.05. The molecule has 4 aromatic rings. The number of carbonyl (C=O) groups is 1. The summed E-state index contributed by atoms with van der Waals surface area (Å²) in [6.07, 6.45) is 5.35. The Bertz CT molecular complexity index is 1200. The Morgan fingerprint density at radius 1 is 1.14 bits per heavy atom. The highest BCUT2D eigenvalue weighted by Gasteiger charge is 2.27. The van der Waals surface area contributed by atoms with E-state index in [0.29, 0.717) is 11.4 Å². The van der Waals surface area contributed by atoms with Gasteiger partial charge in [0.15, 0.2) is 6.10 Å². The van der Waals surface area contributed by atoms with E-state index in [9.17, 15) is 4.79 Å². The Morgan fingerprint density at radius 2 is 2.03 bits per heavy atom. The van der Waals surface area contributed by atoms with Crippen molar-refractivity contribution in [1.29, 1.82) is 0 Å². The van der Waals surface area contributed by atoms with Crippen molar-refractivity contribution in [1.82, 2.24) is 20.1 Å². The summed E-state index contributed by atoms with van der Waals surface area (Å²) in [6.45, 7) is 1.72. The molecule has 0 spiro atoms. The number of nitrogens with zero attached hydrogens (tertiary/aromatic N) is 4. The van der Waals surface area contributed by atoms with Crippen LogP contribution in [0.1, 0.15) is 47.0 Å². The molecule has 3 aromatic heterocycles. The molecule has 1 unspecified atom stereocenters. The summed E-state index contributed by atoms with van der Waals surface area (Å²) in [5.74, 6) is 0.258. The van der Waals surface area contributed by atoms with Crippen molar-refractivity contribution in [2.24, 2.45) is 0 Å². The first-order chi connectivity index (χ1) is 14.2. The minimum absolute atomic E-state index is 0.243. The second-order valence-corrected chi connectivity index (χ2v) is 7.03. The Labute approximate surface area is 166 Å². The number of hydrogen-bond acceptors (Lipinski definition) is 7. The zero-order valence-corrected chi connectivity index (χ0v) is 15.8. The van der Waals surface area contributed by atoms with Crippen LogP contribution in [0, 0.1) is 0 Å². The van der Waals surface area contributed by atoms with Crippen LogP contribution in [-0.4, -0.2) is 26.1 Å². The summed E-state index contributed by atoms with van der Waals surface area (Å²) < 4.78 is 11.0. The molecule has 1 aromatic carbocycles. The molecule has 0 aliphatic heterocycles. The second kappa shape index (κ2) is 7.09. The number of ether oxygens (including phenoxy) is 1. The summed E-state index contributed by atoms with van der Waals surface area (Å²) in [5.41, 5.74) is 4.12. The molecule has 1 aliphatic carbocycles. The van der Waals surface area contributed by atoms with E-state index in [1.807, 2.05) is 30.3 Å². The first-order valence-electron chi connectivity index (χ1n) is 9.56. The first-order valence-corrected chi connectivity index (χ1v) is 9.56. The van der Waals surface area contributed by atoms with Gasteiger partial charge in [-0.3, -0.25) is 9.97 Å². The Balaban J connectivity index is 1.45. The fraction of sp³-hybridized carbons (Fsp3) is 0.227. The minimum Gasteiger partial charge on any atom is -0.449 e. The first kappa shape index (κ1) is 17.5. The summed E-state index contributed by atoms with van der Waals surface area (Å²) in [4.78, 5) is 26.3. The number of hydrogen-bond donors (Lipinski definition) is 0. The summed E-state index contributed by atoms with van der Waals surface area (Å²) in [5, 5.41) is 4.78. The largest absolute Gasteiger partial charge is 0.449 e.